The van der Waals surface area contributed by atoms with Crippen LogP contribution in [0.3, 0.4) is 0 Å². The number of alkyl halides is 1. The number of hydrogen-bond acceptors (Lipinski definition) is 2. The van der Waals surface area contributed by atoms with Gasteiger partial charge in [-0.2, -0.15) is 0 Å². The van der Waals surface area contributed by atoms with Crippen LogP contribution in [-0.2, 0) is 9.63 Å². The molecule has 0 unspecified atom stereocenters. The molecule has 3 nitrogen and oxygen atoms in total. The highest BCUT2D eigenvalue weighted by Crippen LogP contribution is 2.51. The van der Waals surface area contributed by atoms with Gasteiger partial charge in [0.2, 0.25) is 0 Å². The van der Waals surface area contributed by atoms with E-state index in [4.69, 9.17) is 4.84 Å². The molecule has 2 rings (SSSR count). The zero-order valence-electron chi connectivity index (χ0n) is 9.26. The summed E-state index contributed by atoms with van der Waals surface area (Å²) in [6, 6.07) is 9.26. The van der Waals surface area contributed by atoms with E-state index in [2.05, 4.69) is 0 Å². The summed E-state index contributed by atoms with van der Waals surface area (Å²) < 4.78 is 13.6. The van der Waals surface area contributed by atoms with Gasteiger partial charge in [0.05, 0.1) is 13.0 Å². The fraction of sp³-hybridized carbons (Fsp3) is 0.417. The Morgan fingerprint density at radius 3 is 2.56 bits per heavy atom. The fourth-order valence-corrected chi connectivity index (χ4v) is 1.93. The van der Waals surface area contributed by atoms with Crippen molar-refractivity contribution in [3.8, 4) is 0 Å². The van der Waals surface area contributed by atoms with Crippen molar-refractivity contribution in [1.29, 1.82) is 0 Å². The number of halogens is 1. The predicted octanol–water partition coefficient (Wildman–Crippen LogP) is 1.76. The molecule has 1 saturated carbocycles. The predicted molar refractivity (Wildman–Crippen MR) is 57.3 cm³/mol. The van der Waals surface area contributed by atoms with Gasteiger partial charge in [0, 0.05) is 13.0 Å². The van der Waals surface area contributed by atoms with E-state index in [1.54, 1.807) is 0 Å². The average molecular weight is 223 g/mol. The Morgan fingerprint density at radius 2 is 2.00 bits per heavy atom. The maximum atomic E-state index is 13.6. The zero-order chi connectivity index (χ0) is 11.7. The smallest absolute Gasteiger partial charge is 0.252 e. The van der Waals surface area contributed by atoms with Crippen LogP contribution in [0.4, 0.5) is 4.39 Å². The number of carbonyl (C=O) groups excluding carboxylic acids is 1. The summed E-state index contributed by atoms with van der Waals surface area (Å²) in [5.74, 6) is -1.21. The van der Waals surface area contributed by atoms with Crippen molar-refractivity contribution >= 4 is 5.91 Å². The average Bonchev–Trinajstić information content (AvgIpc) is 3.00. The van der Waals surface area contributed by atoms with Crippen LogP contribution in [0.25, 0.3) is 0 Å². The number of carbonyl (C=O) groups is 1. The van der Waals surface area contributed by atoms with E-state index in [1.807, 2.05) is 30.3 Å². The second kappa shape index (κ2) is 4.22. The molecule has 4 heteroatoms. The molecular weight excluding hydrogens is 209 g/mol. The Labute approximate surface area is 93.8 Å². The van der Waals surface area contributed by atoms with E-state index in [0.717, 1.165) is 10.6 Å². The Kier molecular flexibility index (Phi) is 2.92. The lowest BCUT2D eigenvalue weighted by Gasteiger charge is -2.12. The topological polar surface area (TPSA) is 29.5 Å². The van der Waals surface area contributed by atoms with Crippen LogP contribution in [0, 0.1) is 5.92 Å². The molecule has 1 aromatic rings. The highest BCUT2D eigenvalue weighted by molar-refractivity contribution is 5.83. The second-order valence-electron chi connectivity index (χ2n) is 3.92. The maximum Gasteiger partial charge on any atom is 0.252 e. The Balaban J connectivity index is 2.09. The molecule has 86 valence electrons. The van der Waals surface area contributed by atoms with Crippen LogP contribution in [-0.4, -0.2) is 31.3 Å². The third-order valence-corrected chi connectivity index (χ3v) is 2.99. The van der Waals surface area contributed by atoms with Crippen LogP contribution in [0.1, 0.15) is 11.5 Å². The molecule has 0 spiro atoms. The van der Waals surface area contributed by atoms with Crippen LogP contribution < -0.4 is 0 Å². The molecule has 3 atom stereocenters. The van der Waals surface area contributed by atoms with E-state index in [-0.39, 0.29) is 11.8 Å². The molecule has 0 heterocycles. The van der Waals surface area contributed by atoms with Crippen molar-refractivity contribution in [2.75, 3.05) is 14.2 Å². The Hall–Kier alpha value is -1.42. The molecule has 1 aliphatic rings. The number of hydroxylamine groups is 2. The molecule has 16 heavy (non-hydrogen) atoms. The van der Waals surface area contributed by atoms with Crippen molar-refractivity contribution < 1.29 is 14.0 Å². The summed E-state index contributed by atoms with van der Waals surface area (Å²) in [6.07, 6.45) is -1.09. The van der Waals surface area contributed by atoms with Crippen LogP contribution in [0.2, 0.25) is 0 Å². The lowest BCUT2D eigenvalue weighted by atomic mass is 10.1. The van der Waals surface area contributed by atoms with Gasteiger partial charge in [-0.15, -0.1) is 0 Å². The standard InChI is InChI=1S/C12H14FNO2/c1-14(16-2)12(15)10-9(11(10)13)8-6-4-3-5-7-8/h3-7,9-11H,1-2H3/t9-,10-,11+/m1/s1. The fourth-order valence-electron chi connectivity index (χ4n) is 1.93. The Bertz CT molecular complexity index is 382. The van der Waals surface area contributed by atoms with E-state index in [0.29, 0.717) is 0 Å². The molecule has 1 fully saturated rings. The van der Waals surface area contributed by atoms with E-state index in [1.165, 1.54) is 14.2 Å². The monoisotopic (exact) mass is 223 g/mol. The normalized spacial score (nSPS) is 27.6. The third-order valence-electron chi connectivity index (χ3n) is 2.99. The van der Waals surface area contributed by atoms with Gasteiger partial charge in [0.15, 0.2) is 0 Å². The molecule has 0 radical (unpaired) electrons. The van der Waals surface area contributed by atoms with Crippen molar-refractivity contribution in [1.82, 2.24) is 5.06 Å². The van der Waals surface area contributed by atoms with Gasteiger partial charge in [-0.05, 0) is 5.56 Å². The zero-order valence-corrected chi connectivity index (χ0v) is 9.26. The van der Waals surface area contributed by atoms with Gasteiger partial charge in [-0.3, -0.25) is 9.63 Å². The second-order valence-corrected chi connectivity index (χ2v) is 3.92. The molecule has 1 aromatic carbocycles. The van der Waals surface area contributed by atoms with E-state index >= 15 is 0 Å². The minimum absolute atomic E-state index is 0.302. The largest absolute Gasteiger partial charge is 0.275 e. The molecule has 0 aliphatic heterocycles. The van der Waals surface area contributed by atoms with Crippen molar-refractivity contribution in [3.63, 3.8) is 0 Å². The highest BCUT2D eigenvalue weighted by atomic mass is 19.1. The molecule has 0 N–H and O–H groups in total. The summed E-state index contributed by atoms with van der Waals surface area (Å²) in [4.78, 5) is 16.5. The number of rotatable bonds is 3. The van der Waals surface area contributed by atoms with Gasteiger partial charge in [0.25, 0.3) is 5.91 Å². The van der Waals surface area contributed by atoms with Crippen molar-refractivity contribution in [2.24, 2.45) is 5.92 Å². The summed E-state index contributed by atoms with van der Waals surface area (Å²) in [6.45, 7) is 0. The molecule has 1 aliphatic carbocycles. The summed E-state index contributed by atoms with van der Waals surface area (Å²) >= 11 is 0. The van der Waals surface area contributed by atoms with Gasteiger partial charge in [0.1, 0.15) is 6.17 Å². The number of nitrogens with zero attached hydrogens (tertiary/aromatic N) is 1. The first-order valence-electron chi connectivity index (χ1n) is 5.17. The summed E-state index contributed by atoms with van der Waals surface area (Å²) in [5, 5.41) is 1.08. The minimum atomic E-state index is -1.09. The van der Waals surface area contributed by atoms with Crippen LogP contribution >= 0.6 is 0 Å². The highest BCUT2D eigenvalue weighted by Gasteiger charge is 2.57. The van der Waals surface area contributed by atoms with Crippen LogP contribution in [0.15, 0.2) is 30.3 Å². The van der Waals surface area contributed by atoms with E-state index < -0.39 is 12.1 Å². The molecule has 0 saturated heterocycles. The van der Waals surface area contributed by atoms with Gasteiger partial charge in [-0.25, -0.2) is 9.45 Å². The van der Waals surface area contributed by atoms with Crippen molar-refractivity contribution in [2.45, 2.75) is 12.1 Å². The molecular formula is C12H14FNO2. The maximum absolute atomic E-state index is 13.6. The molecule has 0 aromatic heterocycles. The van der Waals surface area contributed by atoms with Crippen molar-refractivity contribution in [3.05, 3.63) is 35.9 Å². The Morgan fingerprint density at radius 1 is 1.38 bits per heavy atom. The number of hydrogen-bond donors (Lipinski definition) is 0. The minimum Gasteiger partial charge on any atom is -0.275 e. The van der Waals surface area contributed by atoms with Gasteiger partial charge >= 0.3 is 0 Å². The third kappa shape index (κ3) is 1.80. The first-order valence-corrected chi connectivity index (χ1v) is 5.17. The number of amides is 1. The van der Waals surface area contributed by atoms with Gasteiger partial charge < -0.3 is 0 Å². The lowest BCUT2D eigenvalue weighted by molar-refractivity contribution is -0.170. The summed E-state index contributed by atoms with van der Waals surface area (Å²) in [5.41, 5.74) is 0.873. The molecule has 0 bridgehead atoms. The quantitative estimate of drug-likeness (QED) is 0.731. The first kappa shape index (κ1) is 11.1. The van der Waals surface area contributed by atoms with Crippen LogP contribution in [0.5, 0.6) is 0 Å². The summed E-state index contributed by atoms with van der Waals surface area (Å²) in [7, 11) is 2.89. The van der Waals surface area contributed by atoms with E-state index in [9.17, 15) is 9.18 Å². The van der Waals surface area contributed by atoms with Gasteiger partial charge in [-0.1, -0.05) is 30.3 Å². The molecule has 1 amide bonds. The SMILES string of the molecule is CON(C)C(=O)[C@H]1[C@@H](F)[C@@H]1c1ccccc1. The number of benzene rings is 1. The lowest BCUT2D eigenvalue weighted by Crippen LogP contribution is -2.27. The first-order chi connectivity index (χ1) is 7.66.